The summed E-state index contributed by atoms with van der Waals surface area (Å²) in [6, 6.07) is 9.41. The lowest BCUT2D eigenvalue weighted by atomic mass is 10.0. The number of nitrogens with one attached hydrogen (secondary N) is 1. The average molecular weight is 271 g/mol. The predicted octanol–water partition coefficient (Wildman–Crippen LogP) is 4.23. The third-order valence-corrected chi connectivity index (χ3v) is 3.40. The molecular weight excluding hydrogens is 260 g/mol. The van der Waals surface area contributed by atoms with Gasteiger partial charge in [0.15, 0.2) is 6.29 Å². The molecule has 4 heteroatoms. The van der Waals surface area contributed by atoms with Gasteiger partial charge in [-0.25, -0.2) is 8.78 Å². The molecule has 3 rings (SSSR count). The predicted molar refractivity (Wildman–Crippen MR) is 73.8 cm³/mol. The van der Waals surface area contributed by atoms with Crippen LogP contribution in [0.3, 0.4) is 0 Å². The minimum atomic E-state index is -0.706. The highest BCUT2D eigenvalue weighted by Crippen LogP contribution is 2.32. The molecule has 0 spiro atoms. The summed E-state index contributed by atoms with van der Waals surface area (Å²) in [6.07, 6.45) is 0.624. The molecule has 0 unspecified atom stereocenters. The topological polar surface area (TPSA) is 32.9 Å². The molecule has 0 saturated heterocycles. The first-order chi connectivity index (χ1) is 9.61. The molecule has 2 aromatic carbocycles. The highest BCUT2D eigenvalue weighted by atomic mass is 19.1. The van der Waals surface area contributed by atoms with Crippen LogP contribution in [0.15, 0.2) is 36.4 Å². The van der Waals surface area contributed by atoms with Crippen molar-refractivity contribution in [2.45, 2.75) is 6.92 Å². The second-order valence-corrected chi connectivity index (χ2v) is 4.66. The molecule has 0 bridgehead atoms. The van der Waals surface area contributed by atoms with Gasteiger partial charge in [-0.05, 0) is 18.6 Å². The van der Waals surface area contributed by atoms with Crippen LogP contribution in [0, 0.1) is 18.6 Å². The van der Waals surface area contributed by atoms with E-state index >= 15 is 0 Å². The second-order valence-electron chi connectivity index (χ2n) is 4.66. The molecule has 1 N–H and O–H groups in total. The normalized spacial score (nSPS) is 10.9. The molecule has 3 aromatic rings. The molecule has 0 aliphatic carbocycles. The van der Waals surface area contributed by atoms with Crippen molar-refractivity contribution in [1.82, 2.24) is 4.98 Å². The number of H-pyrrole nitrogens is 1. The lowest BCUT2D eigenvalue weighted by Crippen LogP contribution is -1.87. The summed E-state index contributed by atoms with van der Waals surface area (Å²) in [6.45, 7) is 1.90. The van der Waals surface area contributed by atoms with Crippen LogP contribution in [-0.4, -0.2) is 11.3 Å². The summed E-state index contributed by atoms with van der Waals surface area (Å²) < 4.78 is 27.1. The Morgan fingerprint density at radius 3 is 2.60 bits per heavy atom. The average Bonchev–Trinajstić information content (AvgIpc) is 2.77. The molecule has 0 fully saturated rings. The number of aromatic amines is 1. The minimum Gasteiger partial charge on any atom is -0.352 e. The lowest BCUT2D eigenvalue weighted by Gasteiger charge is -2.03. The maximum atomic E-state index is 13.8. The van der Waals surface area contributed by atoms with E-state index in [2.05, 4.69) is 4.98 Å². The third kappa shape index (κ3) is 1.81. The van der Waals surface area contributed by atoms with Crippen LogP contribution >= 0.6 is 0 Å². The number of halogens is 2. The molecular formula is C16H11F2NO. The van der Waals surface area contributed by atoms with Crippen LogP contribution in [0.5, 0.6) is 0 Å². The molecule has 100 valence electrons. The van der Waals surface area contributed by atoms with Crippen molar-refractivity contribution < 1.29 is 13.6 Å². The van der Waals surface area contributed by atoms with E-state index in [1.54, 1.807) is 0 Å². The molecule has 0 amide bonds. The fourth-order valence-corrected chi connectivity index (χ4v) is 2.43. The quantitative estimate of drug-likeness (QED) is 0.695. The Morgan fingerprint density at radius 1 is 1.15 bits per heavy atom. The van der Waals surface area contributed by atoms with E-state index in [9.17, 15) is 13.6 Å². The van der Waals surface area contributed by atoms with Crippen molar-refractivity contribution in [2.75, 3.05) is 0 Å². The zero-order chi connectivity index (χ0) is 14.3. The van der Waals surface area contributed by atoms with Crippen LogP contribution in [-0.2, 0) is 0 Å². The summed E-state index contributed by atoms with van der Waals surface area (Å²) in [7, 11) is 0. The highest BCUT2D eigenvalue weighted by Gasteiger charge is 2.17. The number of aldehydes is 1. The van der Waals surface area contributed by atoms with Crippen molar-refractivity contribution in [3.8, 4) is 11.3 Å². The smallest absolute Gasteiger partial charge is 0.152 e. The molecule has 0 aliphatic heterocycles. The Morgan fingerprint density at radius 2 is 1.90 bits per heavy atom. The van der Waals surface area contributed by atoms with Crippen LogP contribution in [0.25, 0.3) is 22.2 Å². The van der Waals surface area contributed by atoms with Gasteiger partial charge in [0, 0.05) is 22.6 Å². The summed E-state index contributed by atoms with van der Waals surface area (Å²) in [5, 5.41) is 0.260. The molecule has 0 atom stereocenters. The monoisotopic (exact) mass is 271 g/mol. The van der Waals surface area contributed by atoms with E-state index in [0.29, 0.717) is 12.0 Å². The van der Waals surface area contributed by atoms with Crippen LogP contribution in [0.2, 0.25) is 0 Å². The van der Waals surface area contributed by atoms with Gasteiger partial charge in [-0.2, -0.15) is 0 Å². The first-order valence-corrected chi connectivity index (χ1v) is 6.13. The fraction of sp³-hybridized carbons (Fsp3) is 0.0625. The molecule has 2 nitrogen and oxygen atoms in total. The highest BCUT2D eigenvalue weighted by molar-refractivity contribution is 6.04. The second kappa shape index (κ2) is 4.56. The minimum absolute atomic E-state index is 0.145. The Labute approximate surface area is 114 Å². The van der Waals surface area contributed by atoms with Crippen molar-refractivity contribution in [3.05, 3.63) is 59.2 Å². The van der Waals surface area contributed by atoms with Gasteiger partial charge in [-0.3, -0.25) is 4.79 Å². The Bertz CT molecular complexity index is 821. The maximum Gasteiger partial charge on any atom is 0.152 e. The number of hydrogen-bond donors (Lipinski definition) is 1. The van der Waals surface area contributed by atoms with Gasteiger partial charge in [0.25, 0.3) is 0 Å². The number of carbonyl (C=O) groups is 1. The molecule has 20 heavy (non-hydrogen) atoms. The fourth-order valence-electron chi connectivity index (χ4n) is 2.43. The van der Waals surface area contributed by atoms with E-state index in [1.807, 2.05) is 31.2 Å². The zero-order valence-corrected chi connectivity index (χ0v) is 10.7. The van der Waals surface area contributed by atoms with E-state index in [0.717, 1.165) is 17.2 Å². The molecule has 0 saturated carbocycles. The van der Waals surface area contributed by atoms with Gasteiger partial charge in [-0.15, -0.1) is 0 Å². The summed E-state index contributed by atoms with van der Waals surface area (Å²) >= 11 is 0. The van der Waals surface area contributed by atoms with E-state index in [1.165, 1.54) is 6.07 Å². The number of fused-ring (bicyclic) bond motifs is 1. The Hall–Kier alpha value is -2.49. The molecule has 0 aliphatic rings. The number of aromatic nitrogens is 1. The number of aryl methyl sites for hydroxylation is 1. The van der Waals surface area contributed by atoms with Gasteiger partial charge in [-0.1, -0.05) is 24.3 Å². The van der Waals surface area contributed by atoms with Crippen LogP contribution in [0.4, 0.5) is 8.78 Å². The molecule has 0 radical (unpaired) electrons. The number of benzene rings is 2. The van der Waals surface area contributed by atoms with Gasteiger partial charge in [0.2, 0.25) is 0 Å². The van der Waals surface area contributed by atoms with Crippen molar-refractivity contribution >= 4 is 17.2 Å². The number of hydrogen-bond acceptors (Lipinski definition) is 1. The van der Waals surface area contributed by atoms with Gasteiger partial charge in [0.1, 0.15) is 11.6 Å². The van der Waals surface area contributed by atoms with E-state index in [4.69, 9.17) is 0 Å². The van der Waals surface area contributed by atoms with Crippen molar-refractivity contribution in [2.24, 2.45) is 0 Å². The summed E-state index contributed by atoms with van der Waals surface area (Å²) in [5.74, 6) is -1.41. The Balaban J connectivity index is 2.40. The van der Waals surface area contributed by atoms with E-state index in [-0.39, 0.29) is 16.5 Å². The summed E-state index contributed by atoms with van der Waals surface area (Å²) in [5.41, 5.74) is 2.67. The molecule has 1 aromatic heterocycles. The lowest BCUT2D eigenvalue weighted by molar-refractivity contribution is 0.112. The number of rotatable bonds is 2. The third-order valence-electron chi connectivity index (χ3n) is 3.40. The molecule has 1 heterocycles. The largest absolute Gasteiger partial charge is 0.352 e. The van der Waals surface area contributed by atoms with Gasteiger partial charge < -0.3 is 4.98 Å². The zero-order valence-electron chi connectivity index (χ0n) is 10.7. The SMILES string of the molecule is Cc1ccccc1-c1[nH]c2c(F)cc(F)cc2c1C=O. The maximum absolute atomic E-state index is 13.8. The van der Waals surface area contributed by atoms with Crippen molar-refractivity contribution in [1.29, 1.82) is 0 Å². The standard InChI is InChI=1S/C16H11F2NO/c1-9-4-2-3-5-11(9)15-13(8-20)12-6-10(17)7-14(18)16(12)19-15/h2-8,19H,1H3. The van der Waals surface area contributed by atoms with Crippen LogP contribution in [0.1, 0.15) is 15.9 Å². The van der Waals surface area contributed by atoms with Crippen LogP contribution < -0.4 is 0 Å². The number of carbonyl (C=O) groups excluding carboxylic acids is 1. The summed E-state index contributed by atoms with van der Waals surface area (Å²) in [4.78, 5) is 14.2. The van der Waals surface area contributed by atoms with Gasteiger partial charge in [0.05, 0.1) is 11.2 Å². The van der Waals surface area contributed by atoms with E-state index < -0.39 is 11.6 Å². The van der Waals surface area contributed by atoms with Crippen molar-refractivity contribution in [3.63, 3.8) is 0 Å². The van der Waals surface area contributed by atoms with Gasteiger partial charge >= 0.3 is 0 Å². The first kappa shape index (κ1) is 12.5. The Kier molecular flexibility index (Phi) is 2.86. The first-order valence-electron chi connectivity index (χ1n) is 6.13.